The molecule has 1 aliphatic rings. The predicted molar refractivity (Wildman–Crippen MR) is 65.4 cm³/mol. The zero-order valence-corrected chi connectivity index (χ0v) is 11.3. The van der Waals surface area contributed by atoms with Crippen LogP contribution in [0.15, 0.2) is 0 Å². The average molecular weight is 249 g/mol. The first-order valence-electron chi connectivity index (χ1n) is 5.92. The van der Waals surface area contributed by atoms with E-state index in [0.717, 1.165) is 19.4 Å². The minimum atomic E-state index is -2.75. The molecule has 4 nitrogen and oxygen atoms in total. The van der Waals surface area contributed by atoms with Crippen LogP contribution in [0.2, 0.25) is 0 Å². The van der Waals surface area contributed by atoms with Crippen molar-refractivity contribution in [2.75, 3.05) is 24.7 Å². The maximum absolute atomic E-state index is 11.2. The smallest absolute Gasteiger partial charge is 0.150 e. The van der Waals surface area contributed by atoms with Gasteiger partial charge in [0.05, 0.1) is 17.1 Å². The van der Waals surface area contributed by atoms with Crippen LogP contribution in [0.3, 0.4) is 0 Å². The Hall–Kier alpha value is -0.130. The molecule has 1 aliphatic heterocycles. The summed E-state index contributed by atoms with van der Waals surface area (Å²) < 4.78 is 28.1. The summed E-state index contributed by atoms with van der Waals surface area (Å²) in [6, 6.07) is 0.322. The molecule has 0 spiro atoms. The van der Waals surface area contributed by atoms with Gasteiger partial charge < -0.3 is 10.1 Å². The van der Waals surface area contributed by atoms with Crippen LogP contribution in [0.4, 0.5) is 0 Å². The minimum absolute atomic E-state index is 0.176. The van der Waals surface area contributed by atoms with Gasteiger partial charge in [-0.05, 0) is 33.6 Å². The summed E-state index contributed by atoms with van der Waals surface area (Å²) in [6.45, 7) is 7.54. The molecule has 0 atom stereocenters. The first kappa shape index (κ1) is 13.9. The fraction of sp³-hybridized carbons (Fsp3) is 1.00. The molecule has 0 unspecified atom stereocenters. The monoisotopic (exact) mass is 249 g/mol. The molecule has 0 bridgehead atoms. The standard InChI is InChI=1S/C11H23NO3S/c1-4-15-11(2,3)9-12-10-5-7-16(13,14)8-6-10/h10,12H,4-9H2,1-3H3. The van der Waals surface area contributed by atoms with Crippen molar-refractivity contribution in [1.29, 1.82) is 0 Å². The quantitative estimate of drug-likeness (QED) is 0.789. The maximum atomic E-state index is 11.2. The Bertz CT molecular complexity index is 297. The summed E-state index contributed by atoms with van der Waals surface area (Å²) in [7, 11) is -2.75. The Labute approximate surface area is 98.7 Å². The lowest BCUT2D eigenvalue weighted by Gasteiger charge is -2.30. The van der Waals surface area contributed by atoms with Gasteiger partial charge in [0.25, 0.3) is 0 Å². The molecule has 1 rings (SSSR count). The van der Waals surface area contributed by atoms with Crippen molar-refractivity contribution in [2.24, 2.45) is 0 Å². The highest BCUT2D eigenvalue weighted by Crippen LogP contribution is 2.14. The molecule has 16 heavy (non-hydrogen) atoms. The van der Waals surface area contributed by atoms with Crippen molar-refractivity contribution in [2.45, 2.75) is 45.3 Å². The minimum Gasteiger partial charge on any atom is -0.375 e. The molecule has 0 aromatic carbocycles. The number of hydrogen-bond donors (Lipinski definition) is 1. The average Bonchev–Trinajstić information content (AvgIpc) is 2.16. The molecule has 0 aliphatic carbocycles. The first-order chi connectivity index (χ1) is 7.35. The van der Waals surface area contributed by atoms with E-state index in [9.17, 15) is 8.42 Å². The van der Waals surface area contributed by atoms with E-state index in [1.165, 1.54) is 0 Å². The van der Waals surface area contributed by atoms with Crippen LogP contribution in [0, 0.1) is 0 Å². The summed E-state index contributed by atoms with van der Waals surface area (Å²) >= 11 is 0. The molecule has 1 heterocycles. The summed E-state index contributed by atoms with van der Waals surface area (Å²) in [5, 5.41) is 3.40. The van der Waals surface area contributed by atoms with Crippen molar-refractivity contribution >= 4 is 9.84 Å². The molecule has 0 amide bonds. The van der Waals surface area contributed by atoms with Gasteiger partial charge in [-0.3, -0.25) is 0 Å². The predicted octanol–water partition coefficient (Wildman–Crippen LogP) is 0.968. The van der Waals surface area contributed by atoms with Crippen LogP contribution < -0.4 is 5.32 Å². The third-order valence-electron chi connectivity index (χ3n) is 2.91. The summed E-state index contributed by atoms with van der Waals surface area (Å²) in [4.78, 5) is 0. The number of hydrogen-bond acceptors (Lipinski definition) is 4. The lowest BCUT2D eigenvalue weighted by Crippen LogP contribution is -2.45. The van der Waals surface area contributed by atoms with Crippen molar-refractivity contribution in [3.63, 3.8) is 0 Å². The van der Waals surface area contributed by atoms with E-state index in [-0.39, 0.29) is 5.60 Å². The molecule has 5 heteroatoms. The fourth-order valence-corrected chi connectivity index (χ4v) is 3.42. The summed E-state index contributed by atoms with van der Waals surface area (Å²) in [6.07, 6.45) is 1.45. The highest BCUT2D eigenvalue weighted by Gasteiger charge is 2.25. The second-order valence-corrected chi connectivity index (χ2v) is 7.30. The highest BCUT2D eigenvalue weighted by molar-refractivity contribution is 7.91. The molecule has 0 aromatic rings. The molecular formula is C11H23NO3S. The van der Waals surface area contributed by atoms with Crippen LogP contribution in [0.5, 0.6) is 0 Å². The van der Waals surface area contributed by atoms with Gasteiger partial charge in [-0.1, -0.05) is 0 Å². The normalized spacial score (nSPS) is 22.2. The lowest BCUT2D eigenvalue weighted by molar-refractivity contribution is -0.0107. The van der Waals surface area contributed by atoms with Gasteiger partial charge in [0, 0.05) is 19.2 Å². The molecule has 0 saturated carbocycles. The van der Waals surface area contributed by atoms with Crippen molar-refractivity contribution in [3.05, 3.63) is 0 Å². The topological polar surface area (TPSA) is 55.4 Å². The van der Waals surface area contributed by atoms with Crippen LogP contribution >= 0.6 is 0 Å². The van der Waals surface area contributed by atoms with E-state index in [2.05, 4.69) is 5.32 Å². The van der Waals surface area contributed by atoms with Crippen LogP contribution in [0.25, 0.3) is 0 Å². The van der Waals surface area contributed by atoms with Gasteiger partial charge in [-0.2, -0.15) is 0 Å². The first-order valence-corrected chi connectivity index (χ1v) is 7.74. The fourth-order valence-electron chi connectivity index (χ4n) is 1.93. The summed E-state index contributed by atoms with van der Waals surface area (Å²) in [5.41, 5.74) is -0.176. The van der Waals surface area contributed by atoms with E-state index >= 15 is 0 Å². The summed E-state index contributed by atoms with van der Waals surface area (Å²) in [5.74, 6) is 0.638. The zero-order chi connectivity index (χ0) is 12.2. The van der Waals surface area contributed by atoms with E-state index in [1.807, 2.05) is 20.8 Å². The van der Waals surface area contributed by atoms with Crippen LogP contribution in [0.1, 0.15) is 33.6 Å². The van der Waals surface area contributed by atoms with Gasteiger partial charge >= 0.3 is 0 Å². The Kier molecular flexibility index (Phi) is 4.76. The third kappa shape index (κ3) is 4.80. The van der Waals surface area contributed by atoms with Crippen molar-refractivity contribution in [3.8, 4) is 0 Å². The second-order valence-electron chi connectivity index (χ2n) is 5.00. The molecule has 96 valence electrons. The van der Waals surface area contributed by atoms with Gasteiger partial charge in [-0.15, -0.1) is 0 Å². The molecule has 1 N–H and O–H groups in total. The molecule has 0 aromatic heterocycles. The Morgan fingerprint density at radius 1 is 1.31 bits per heavy atom. The van der Waals surface area contributed by atoms with Gasteiger partial charge in [0.2, 0.25) is 0 Å². The SMILES string of the molecule is CCOC(C)(C)CNC1CCS(=O)(=O)CC1. The van der Waals surface area contributed by atoms with Gasteiger partial charge in [0.1, 0.15) is 9.84 Å². The molecular weight excluding hydrogens is 226 g/mol. The van der Waals surface area contributed by atoms with E-state index in [0.29, 0.717) is 24.2 Å². The molecule has 1 fully saturated rings. The molecule has 1 saturated heterocycles. The van der Waals surface area contributed by atoms with Crippen LogP contribution in [-0.2, 0) is 14.6 Å². The van der Waals surface area contributed by atoms with Crippen LogP contribution in [-0.4, -0.2) is 44.7 Å². The van der Waals surface area contributed by atoms with Crippen molar-refractivity contribution in [1.82, 2.24) is 5.32 Å². The number of nitrogens with one attached hydrogen (secondary N) is 1. The van der Waals surface area contributed by atoms with E-state index < -0.39 is 9.84 Å². The number of sulfone groups is 1. The molecule has 0 radical (unpaired) electrons. The second kappa shape index (κ2) is 5.47. The Morgan fingerprint density at radius 2 is 1.88 bits per heavy atom. The highest BCUT2D eigenvalue weighted by atomic mass is 32.2. The largest absolute Gasteiger partial charge is 0.375 e. The Balaban J connectivity index is 2.30. The number of ether oxygens (including phenoxy) is 1. The van der Waals surface area contributed by atoms with Gasteiger partial charge in [-0.25, -0.2) is 8.42 Å². The number of rotatable bonds is 5. The third-order valence-corrected chi connectivity index (χ3v) is 4.62. The zero-order valence-electron chi connectivity index (χ0n) is 10.5. The van der Waals surface area contributed by atoms with E-state index in [1.54, 1.807) is 0 Å². The lowest BCUT2D eigenvalue weighted by atomic mass is 10.1. The maximum Gasteiger partial charge on any atom is 0.150 e. The van der Waals surface area contributed by atoms with E-state index in [4.69, 9.17) is 4.74 Å². The van der Waals surface area contributed by atoms with Crippen molar-refractivity contribution < 1.29 is 13.2 Å². The Morgan fingerprint density at radius 3 is 2.38 bits per heavy atom. The van der Waals surface area contributed by atoms with Gasteiger partial charge in [0.15, 0.2) is 0 Å².